The molecule has 2 N–H and O–H groups in total. The topological polar surface area (TPSA) is 95.9 Å². The van der Waals surface area contributed by atoms with Crippen molar-refractivity contribution in [2.45, 2.75) is 42.1 Å². The van der Waals surface area contributed by atoms with Crippen molar-refractivity contribution in [3.63, 3.8) is 0 Å². The molecule has 4 aromatic carbocycles. The first-order valence-corrected chi connectivity index (χ1v) is 17.0. The van der Waals surface area contributed by atoms with Crippen LogP contribution in [0.1, 0.15) is 41.5 Å². The molecule has 4 aromatic rings. The number of likely N-dealkylation sites (tertiary alicyclic amines) is 1. The van der Waals surface area contributed by atoms with E-state index >= 15 is 0 Å². The summed E-state index contributed by atoms with van der Waals surface area (Å²) in [6.45, 7) is 3.66. The standard InChI is InChI=1S/C36H39ClN2O5S/c1-28-12-18-33(19-13-28)45(42,43)44-27-23-38-34(40)36(30-8-4-2-5-9-30,31-10-6-3-7-11-31)22-26-39-24-20-35(41,21-25-39)29-14-16-32(37)17-15-29/h2-19,41H,20-27H2,1H3,(H,38,40). The molecule has 9 heteroatoms. The van der Waals surface area contributed by atoms with Crippen LogP contribution in [0.15, 0.2) is 114 Å². The summed E-state index contributed by atoms with van der Waals surface area (Å²) in [5.41, 5.74) is 1.53. The van der Waals surface area contributed by atoms with Crippen LogP contribution < -0.4 is 5.32 Å². The molecule has 0 saturated carbocycles. The van der Waals surface area contributed by atoms with Crippen LogP contribution in [0.2, 0.25) is 5.02 Å². The second-order valence-corrected chi connectivity index (χ2v) is 13.7. The zero-order valence-electron chi connectivity index (χ0n) is 25.4. The molecule has 7 nitrogen and oxygen atoms in total. The van der Waals surface area contributed by atoms with Crippen molar-refractivity contribution in [3.05, 3.63) is 136 Å². The third-order valence-corrected chi connectivity index (χ3v) is 10.3. The van der Waals surface area contributed by atoms with E-state index in [1.54, 1.807) is 24.3 Å². The van der Waals surface area contributed by atoms with Gasteiger partial charge in [0.1, 0.15) is 5.41 Å². The quantitative estimate of drug-likeness (QED) is 0.149. The van der Waals surface area contributed by atoms with E-state index in [-0.39, 0.29) is 24.0 Å². The third kappa shape index (κ3) is 7.65. The Bertz CT molecular complexity index is 1620. The molecule has 0 radical (unpaired) electrons. The number of piperidine rings is 1. The highest BCUT2D eigenvalue weighted by molar-refractivity contribution is 7.86. The van der Waals surface area contributed by atoms with Gasteiger partial charge in [0.2, 0.25) is 5.91 Å². The van der Waals surface area contributed by atoms with E-state index in [1.807, 2.05) is 79.7 Å². The summed E-state index contributed by atoms with van der Waals surface area (Å²) in [6.07, 6.45) is 1.61. The van der Waals surface area contributed by atoms with Crippen LogP contribution in [0.25, 0.3) is 0 Å². The molecule has 1 amide bonds. The van der Waals surface area contributed by atoms with Gasteiger partial charge in [-0.3, -0.25) is 8.98 Å². The predicted molar refractivity (Wildman–Crippen MR) is 177 cm³/mol. The third-order valence-electron chi connectivity index (χ3n) is 8.72. The van der Waals surface area contributed by atoms with Gasteiger partial charge >= 0.3 is 0 Å². The van der Waals surface area contributed by atoms with Crippen LogP contribution in [-0.2, 0) is 30.1 Å². The Kier molecular flexibility index (Phi) is 10.4. The minimum absolute atomic E-state index is 0.0170. The van der Waals surface area contributed by atoms with E-state index in [4.69, 9.17) is 15.8 Å². The molecule has 0 unspecified atom stereocenters. The number of aliphatic hydroxyl groups is 1. The molecule has 45 heavy (non-hydrogen) atoms. The fourth-order valence-electron chi connectivity index (χ4n) is 6.04. The van der Waals surface area contributed by atoms with Crippen LogP contribution in [0.3, 0.4) is 0 Å². The Labute approximate surface area is 270 Å². The largest absolute Gasteiger partial charge is 0.385 e. The van der Waals surface area contributed by atoms with Crippen LogP contribution in [-0.4, -0.2) is 57.1 Å². The highest BCUT2D eigenvalue weighted by atomic mass is 35.5. The van der Waals surface area contributed by atoms with Crippen LogP contribution in [0.5, 0.6) is 0 Å². The molecule has 1 heterocycles. The highest BCUT2D eigenvalue weighted by Crippen LogP contribution is 2.38. The number of halogens is 1. The van der Waals surface area contributed by atoms with E-state index in [0.29, 0.717) is 43.9 Å². The zero-order valence-corrected chi connectivity index (χ0v) is 26.9. The van der Waals surface area contributed by atoms with Crippen LogP contribution >= 0.6 is 11.6 Å². The molecular weight excluding hydrogens is 608 g/mol. The van der Waals surface area contributed by atoms with Gasteiger partial charge in [-0.05, 0) is 73.7 Å². The molecule has 1 aliphatic rings. The summed E-state index contributed by atoms with van der Waals surface area (Å²) in [5.74, 6) is -0.231. The maximum Gasteiger partial charge on any atom is 0.297 e. The zero-order chi connectivity index (χ0) is 31.9. The SMILES string of the molecule is Cc1ccc(S(=O)(=O)OCCNC(=O)C(CCN2CCC(O)(c3ccc(Cl)cc3)CC2)(c2ccccc2)c2ccccc2)cc1. The number of nitrogens with one attached hydrogen (secondary N) is 1. The second-order valence-electron chi connectivity index (χ2n) is 11.6. The Hall–Kier alpha value is -3.53. The average Bonchev–Trinajstić information content (AvgIpc) is 3.06. The fourth-order valence-corrected chi connectivity index (χ4v) is 7.07. The van der Waals surface area contributed by atoms with E-state index in [2.05, 4.69) is 10.2 Å². The first kappa shape index (κ1) is 32.9. The van der Waals surface area contributed by atoms with Crippen molar-refractivity contribution in [2.75, 3.05) is 32.8 Å². The molecule has 236 valence electrons. The minimum atomic E-state index is -3.96. The Morgan fingerprint density at radius 2 is 1.44 bits per heavy atom. The van der Waals surface area contributed by atoms with Gasteiger partial charge in [0.25, 0.3) is 10.1 Å². The number of benzene rings is 4. The van der Waals surface area contributed by atoms with E-state index in [9.17, 15) is 18.3 Å². The first-order valence-electron chi connectivity index (χ1n) is 15.2. The van der Waals surface area contributed by atoms with Gasteiger partial charge in [0.05, 0.1) is 17.1 Å². The summed E-state index contributed by atoms with van der Waals surface area (Å²) in [7, 11) is -3.96. The van der Waals surface area contributed by atoms with Gasteiger partial charge in [-0.1, -0.05) is 102 Å². The smallest absolute Gasteiger partial charge is 0.297 e. The van der Waals surface area contributed by atoms with Crippen molar-refractivity contribution >= 4 is 27.6 Å². The summed E-state index contributed by atoms with van der Waals surface area (Å²) < 4.78 is 30.7. The Morgan fingerprint density at radius 1 is 0.889 bits per heavy atom. The molecule has 1 aliphatic heterocycles. The summed E-state index contributed by atoms with van der Waals surface area (Å²) in [4.78, 5) is 16.7. The molecule has 0 spiro atoms. The number of carbonyl (C=O) groups is 1. The predicted octanol–water partition coefficient (Wildman–Crippen LogP) is 5.83. The van der Waals surface area contributed by atoms with E-state index in [0.717, 1.165) is 22.3 Å². The maximum absolute atomic E-state index is 14.3. The normalized spacial score (nSPS) is 15.4. The number of rotatable bonds is 12. The summed E-state index contributed by atoms with van der Waals surface area (Å²) >= 11 is 6.06. The number of aryl methyl sites for hydroxylation is 1. The number of carbonyl (C=O) groups excluding carboxylic acids is 1. The van der Waals surface area contributed by atoms with Crippen LogP contribution in [0.4, 0.5) is 0 Å². The van der Waals surface area contributed by atoms with Crippen molar-refractivity contribution in [2.24, 2.45) is 0 Å². The van der Waals surface area contributed by atoms with Gasteiger partial charge in [0.15, 0.2) is 0 Å². The van der Waals surface area contributed by atoms with Gasteiger partial charge in [-0.25, -0.2) is 0 Å². The number of nitrogens with zero attached hydrogens (tertiary/aromatic N) is 1. The summed E-state index contributed by atoms with van der Waals surface area (Å²) in [5, 5.41) is 15.0. The van der Waals surface area contributed by atoms with E-state index in [1.165, 1.54) is 12.1 Å². The Morgan fingerprint density at radius 3 is 2.00 bits per heavy atom. The van der Waals surface area contributed by atoms with Gasteiger partial charge in [-0.2, -0.15) is 8.42 Å². The molecule has 1 saturated heterocycles. The van der Waals surface area contributed by atoms with Gasteiger partial charge < -0.3 is 15.3 Å². The molecular formula is C36H39ClN2O5S. The lowest BCUT2D eigenvalue weighted by Gasteiger charge is -2.41. The fraction of sp³-hybridized carbons (Fsp3) is 0.306. The van der Waals surface area contributed by atoms with Crippen molar-refractivity contribution in [1.29, 1.82) is 0 Å². The second kappa shape index (κ2) is 14.3. The molecule has 0 atom stereocenters. The molecule has 0 aliphatic carbocycles. The lowest BCUT2D eigenvalue weighted by Crippen LogP contribution is -2.49. The molecule has 1 fully saturated rings. The monoisotopic (exact) mass is 646 g/mol. The highest BCUT2D eigenvalue weighted by Gasteiger charge is 2.43. The van der Waals surface area contributed by atoms with Crippen LogP contribution in [0, 0.1) is 6.92 Å². The van der Waals surface area contributed by atoms with E-state index < -0.39 is 21.1 Å². The Balaban J connectivity index is 1.32. The van der Waals surface area contributed by atoms with Gasteiger partial charge in [-0.15, -0.1) is 0 Å². The summed E-state index contributed by atoms with van der Waals surface area (Å²) in [6, 6.07) is 33.2. The molecule has 5 rings (SSSR count). The lowest BCUT2D eigenvalue weighted by atomic mass is 9.71. The minimum Gasteiger partial charge on any atom is -0.385 e. The maximum atomic E-state index is 14.3. The first-order chi connectivity index (χ1) is 21.6. The van der Waals surface area contributed by atoms with Crippen molar-refractivity contribution in [3.8, 4) is 0 Å². The number of amides is 1. The van der Waals surface area contributed by atoms with Crippen molar-refractivity contribution in [1.82, 2.24) is 10.2 Å². The van der Waals surface area contributed by atoms with Crippen molar-refractivity contribution < 1.29 is 22.5 Å². The molecule has 0 bridgehead atoms. The number of hydrogen-bond donors (Lipinski definition) is 2. The lowest BCUT2D eigenvalue weighted by molar-refractivity contribution is -0.126. The molecule has 0 aromatic heterocycles. The average molecular weight is 647 g/mol. The number of hydrogen-bond acceptors (Lipinski definition) is 6. The van der Waals surface area contributed by atoms with Gasteiger partial charge in [0, 0.05) is 24.7 Å².